The quantitative estimate of drug-likeness (QED) is 0.771. The van der Waals surface area contributed by atoms with E-state index in [1.165, 1.54) is 12.1 Å². The van der Waals surface area contributed by atoms with Crippen LogP contribution in [-0.2, 0) is 6.42 Å². The number of hydrogen-bond donors (Lipinski definition) is 2. The van der Waals surface area contributed by atoms with Gasteiger partial charge in [-0.15, -0.1) is 6.58 Å². The van der Waals surface area contributed by atoms with Crippen molar-refractivity contribution in [3.8, 4) is 0 Å². The molecule has 1 aromatic heterocycles. The van der Waals surface area contributed by atoms with Crippen molar-refractivity contribution in [2.24, 2.45) is 0 Å². The summed E-state index contributed by atoms with van der Waals surface area (Å²) in [7, 11) is 0. The summed E-state index contributed by atoms with van der Waals surface area (Å²) < 4.78 is 12.8. The minimum Gasteiger partial charge on any atom is -0.354 e. The molecule has 2 aromatic rings. The fraction of sp³-hybridized carbons (Fsp3) is 0.235. The third-order valence-electron chi connectivity index (χ3n) is 3.10. The van der Waals surface area contributed by atoms with E-state index in [9.17, 15) is 9.18 Å². The van der Waals surface area contributed by atoms with Crippen molar-refractivity contribution in [3.63, 3.8) is 0 Å². The van der Waals surface area contributed by atoms with Gasteiger partial charge in [0.1, 0.15) is 11.5 Å². The fourth-order valence-electron chi connectivity index (χ4n) is 1.99. The molecule has 2 N–H and O–H groups in total. The molecule has 0 bridgehead atoms. The van der Waals surface area contributed by atoms with E-state index in [4.69, 9.17) is 0 Å². The van der Waals surface area contributed by atoms with Gasteiger partial charge in [0.2, 0.25) is 5.95 Å². The number of carbonyl (C=O) groups excluding carboxylic acids is 1. The van der Waals surface area contributed by atoms with Crippen LogP contribution < -0.4 is 10.6 Å². The molecule has 0 aliphatic heterocycles. The normalized spacial score (nSPS) is 10.2. The molecule has 120 valence electrons. The maximum atomic E-state index is 12.8. The number of nitrogens with one attached hydrogen (secondary N) is 2. The average molecular weight is 314 g/mol. The molecule has 0 saturated heterocycles. The predicted octanol–water partition coefficient (Wildman–Crippen LogP) is 2.49. The van der Waals surface area contributed by atoms with Crippen molar-refractivity contribution in [1.82, 2.24) is 15.3 Å². The number of amides is 1. The van der Waals surface area contributed by atoms with E-state index in [1.807, 2.05) is 0 Å². The van der Waals surface area contributed by atoms with E-state index in [-0.39, 0.29) is 11.7 Å². The Morgan fingerprint density at radius 2 is 2.04 bits per heavy atom. The summed E-state index contributed by atoms with van der Waals surface area (Å²) in [4.78, 5) is 20.4. The van der Waals surface area contributed by atoms with Crippen LogP contribution in [0, 0.1) is 12.7 Å². The van der Waals surface area contributed by atoms with E-state index in [2.05, 4.69) is 27.2 Å². The van der Waals surface area contributed by atoms with Gasteiger partial charge in [-0.1, -0.05) is 18.2 Å². The third kappa shape index (κ3) is 5.18. The lowest BCUT2D eigenvalue weighted by atomic mass is 10.1. The fourth-order valence-corrected chi connectivity index (χ4v) is 1.99. The highest BCUT2D eigenvalue weighted by Gasteiger charge is 2.09. The van der Waals surface area contributed by atoms with Crippen LogP contribution in [0.3, 0.4) is 0 Å². The first-order valence-corrected chi connectivity index (χ1v) is 7.31. The zero-order valence-corrected chi connectivity index (χ0v) is 13.0. The van der Waals surface area contributed by atoms with E-state index in [1.54, 1.807) is 31.2 Å². The van der Waals surface area contributed by atoms with Gasteiger partial charge in [-0.3, -0.25) is 4.79 Å². The SMILES string of the molecule is C=CCNC(=O)c1cc(C)nc(NCCc2ccc(F)cc2)n1. The van der Waals surface area contributed by atoms with Crippen LogP contribution in [0.5, 0.6) is 0 Å². The van der Waals surface area contributed by atoms with Gasteiger partial charge in [0, 0.05) is 18.8 Å². The van der Waals surface area contributed by atoms with Crippen molar-refractivity contribution in [2.45, 2.75) is 13.3 Å². The predicted molar refractivity (Wildman–Crippen MR) is 87.9 cm³/mol. The van der Waals surface area contributed by atoms with E-state index in [0.717, 1.165) is 5.56 Å². The number of rotatable bonds is 7. The number of aryl methyl sites for hydroxylation is 1. The van der Waals surface area contributed by atoms with E-state index < -0.39 is 0 Å². The number of aromatic nitrogens is 2. The summed E-state index contributed by atoms with van der Waals surface area (Å²) in [6.45, 7) is 6.33. The first-order chi connectivity index (χ1) is 11.1. The molecule has 1 heterocycles. The summed E-state index contributed by atoms with van der Waals surface area (Å²) in [5, 5.41) is 5.76. The van der Waals surface area contributed by atoms with E-state index in [0.29, 0.717) is 36.8 Å². The van der Waals surface area contributed by atoms with Gasteiger partial charge < -0.3 is 10.6 Å². The molecule has 0 atom stereocenters. The summed E-state index contributed by atoms with van der Waals surface area (Å²) in [6.07, 6.45) is 2.31. The lowest BCUT2D eigenvalue weighted by molar-refractivity contribution is 0.0953. The largest absolute Gasteiger partial charge is 0.354 e. The van der Waals surface area contributed by atoms with Crippen molar-refractivity contribution in [1.29, 1.82) is 0 Å². The Bertz CT molecular complexity index is 685. The molecule has 0 fully saturated rings. The molecule has 0 aliphatic rings. The Morgan fingerprint density at radius 3 is 2.74 bits per heavy atom. The van der Waals surface area contributed by atoms with Crippen molar-refractivity contribution >= 4 is 11.9 Å². The van der Waals surface area contributed by atoms with Crippen LogP contribution in [-0.4, -0.2) is 29.0 Å². The van der Waals surface area contributed by atoms with Crippen LogP contribution in [0.1, 0.15) is 21.7 Å². The summed E-state index contributed by atoms with van der Waals surface area (Å²) >= 11 is 0. The highest BCUT2D eigenvalue weighted by Crippen LogP contribution is 2.07. The number of hydrogen-bond acceptors (Lipinski definition) is 4. The number of halogens is 1. The standard InChI is InChI=1S/C17H19FN4O/c1-3-9-19-16(23)15-11-12(2)21-17(22-15)20-10-8-13-4-6-14(18)7-5-13/h3-7,11H,1,8-10H2,2H3,(H,19,23)(H,20,21,22). The zero-order valence-electron chi connectivity index (χ0n) is 13.0. The second kappa shape index (κ2) is 8.03. The molecular weight excluding hydrogens is 295 g/mol. The number of benzene rings is 1. The first kappa shape index (κ1) is 16.6. The summed E-state index contributed by atoms with van der Waals surface area (Å²) in [5.41, 5.74) is 2.02. The summed E-state index contributed by atoms with van der Waals surface area (Å²) in [5.74, 6) is -0.119. The van der Waals surface area contributed by atoms with Crippen LogP contribution in [0.15, 0.2) is 43.0 Å². The monoisotopic (exact) mass is 314 g/mol. The molecule has 6 heteroatoms. The maximum absolute atomic E-state index is 12.8. The van der Waals surface area contributed by atoms with Gasteiger partial charge in [0.25, 0.3) is 5.91 Å². The van der Waals surface area contributed by atoms with Gasteiger partial charge in [0.15, 0.2) is 0 Å². The molecular formula is C17H19FN4O. The van der Waals surface area contributed by atoms with E-state index >= 15 is 0 Å². The van der Waals surface area contributed by atoms with Crippen molar-refractivity contribution < 1.29 is 9.18 Å². The molecule has 1 aromatic carbocycles. The van der Waals surface area contributed by atoms with Crippen LogP contribution in [0.2, 0.25) is 0 Å². The van der Waals surface area contributed by atoms with Crippen LogP contribution >= 0.6 is 0 Å². The second-order valence-electron chi connectivity index (χ2n) is 5.02. The Morgan fingerprint density at radius 1 is 1.30 bits per heavy atom. The highest BCUT2D eigenvalue weighted by molar-refractivity contribution is 5.92. The Kier molecular flexibility index (Phi) is 5.80. The molecule has 0 saturated carbocycles. The van der Waals surface area contributed by atoms with Gasteiger partial charge in [-0.2, -0.15) is 0 Å². The van der Waals surface area contributed by atoms with Gasteiger partial charge in [-0.25, -0.2) is 14.4 Å². The Balaban J connectivity index is 1.96. The molecule has 0 aliphatic carbocycles. The molecule has 5 nitrogen and oxygen atoms in total. The van der Waals surface area contributed by atoms with Gasteiger partial charge in [0.05, 0.1) is 0 Å². The maximum Gasteiger partial charge on any atom is 0.270 e. The van der Waals surface area contributed by atoms with Gasteiger partial charge in [-0.05, 0) is 37.1 Å². The number of anilines is 1. The second-order valence-corrected chi connectivity index (χ2v) is 5.02. The Hall–Kier alpha value is -2.76. The molecule has 0 unspecified atom stereocenters. The lowest BCUT2D eigenvalue weighted by Gasteiger charge is -2.08. The van der Waals surface area contributed by atoms with Crippen LogP contribution in [0.4, 0.5) is 10.3 Å². The summed E-state index contributed by atoms with van der Waals surface area (Å²) in [6, 6.07) is 7.97. The minimum absolute atomic E-state index is 0.251. The molecule has 1 amide bonds. The zero-order chi connectivity index (χ0) is 16.7. The topological polar surface area (TPSA) is 66.9 Å². The van der Waals surface area contributed by atoms with Crippen molar-refractivity contribution in [2.75, 3.05) is 18.4 Å². The molecule has 23 heavy (non-hydrogen) atoms. The minimum atomic E-state index is -0.267. The average Bonchev–Trinajstić information content (AvgIpc) is 2.54. The molecule has 0 radical (unpaired) electrons. The highest BCUT2D eigenvalue weighted by atomic mass is 19.1. The third-order valence-corrected chi connectivity index (χ3v) is 3.10. The Labute approximate surface area is 134 Å². The first-order valence-electron chi connectivity index (χ1n) is 7.31. The van der Waals surface area contributed by atoms with Crippen LogP contribution in [0.25, 0.3) is 0 Å². The smallest absolute Gasteiger partial charge is 0.270 e. The molecule has 0 spiro atoms. The van der Waals surface area contributed by atoms with Gasteiger partial charge >= 0.3 is 0 Å². The molecule has 2 rings (SSSR count). The number of nitrogens with zero attached hydrogens (tertiary/aromatic N) is 2. The van der Waals surface area contributed by atoms with Crippen molar-refractivity contribution in [3.05, 3.63) is 65.8 Å². The number of carbonyl (C=O) groups is 1. The lowest BCUT2D eigenvalue weighted by Crippen LogP contribution is -2.25.